The molecule has 2 heterocycles. The van der Waals surface area contributed by atoms with Crippen molar-refractivity contribution >= 4 is 5.69 Å². The Hall–Kier alpha value is -4.07. The van der Waals surface area contributed by atoms with Crippen LogP contribution in [0, 0.1) is 0 Å². The molecule has 0 unspecified atom stereocenters. The van der Waals surface area contributed by atoms with E-state index in [1.54, 1.807) is 4.68 Å². The van der Waals surface area contributed by atoms with Crippen LogP contribution in [-0.2, 0) is 6.54 Å². The van der Waals surface area contributed by atoms with E-state index >= 15 is 0 Å². The Labute approximate surface area is 166 Å². The van der Waals surface area contributed by atoms with Gasteiger partial charge < -0.3 is 19.5 Å². The van der Waals surface area contributed by atoms with Gasteiger partial charge in [0.1, 0.15) is 5.75 Å². The summed E-state index contributed by atoms with van der Waals surface area (Å²) in [6.07, 6.45) is 0. The van der Waals surface area contributed by atoms with Gasteiger partial charge in [-0.25, -0.2) is 0 Å². The number of aromatic nitrogens is 4. The predicted octanol–water partition coefficient (Wildman–Crippen LogP) is 3.80. The molecule has 5 rings (SSSR count). The van der Waals surface area contributed by atoms with Gasteiger partial charge in [0, 0.05) is 18.3 Å². The van der Waals surface area contributed by atoms with E-state index in [9.17, 15) is 0 Å². The van der Waals surface area contributed by atoms with E-state index in [0.29, 0.717) is 18.3 Å². The Balaban J connectivity index is 1.29. The largest absolute Gasteiger partial charge is 0.454 e. The molecule has 0 bridgehead atoms. The summed E-state index contributed by atoms with van der Waals surface area (Å²) in [7, 11) is 0. The van der Waals surface area contributed by atoms with Crippen molar-refractivity contribution in [2.24, 2.45) is 0 Å². The number of fused-ring (bicyclic) bond motifs is 1. The fraction of sp³-hybridized carbons (Fsp3) is 0.0952. The van der Waals surface area contributed by atoms with Crippen LogP contribution in [0.4, 0.5) is 5.69 Å². The molecule has 1 N–H and O–H groups in total. The molecule has 144 valence electrons. The van der Waals surface area contributed by atoms with Crippen LogP contribution >= 0.6 is 0 Å². The molecule has 1 aromatic heterocycles. The molecule has 3 aromatic carbocycles. The first-order chi connectivity index (χ1) is 14.3. The summed E-state index contributed by atoms with van der Waals surface area (Å²) >= 11 is 0. The summed E-state index contributed by atoms with van der Waals surface area (Å²) in [5.41, 5.74) is 2.83. The molecule has 8 heteroatoms. The van der Waals surface area contributed by atoms with Gasteiger partial charge in [0.2, 0.25) is 6.79 Å². The van der Waals surface area contributed by atoms with Gasteiger partial charge in [0.05, 0.1) is 5.69 Å². The lowest BCUT2D eigenvalue weighted by molar-refractivity contribution is 0.174. The lowest BCUT2D eigenvalue weighted by Gasteiger charge is -2.10. The number of tetrazole rings is 1. The Morgan fingerprint density at radius 1 is 0.931 bits per heavy atom. The van der Waals surface area contributed by atoms with Crippen molar-refractivity contribution in [1.29, 1.82) is 0 Å². The number of hydrogen-bond donors (Lipinski definition) is 1. The Morgan fingerprint density at radius 3 is 2.76 bits per heavy atom. The molecular weight excluding hydrogens is 370 g/mol. The molecular formula is C21H17N5O3. The van der Waals surface area contributed by atoms with Crippen LogP contribution < -0.4 is 19.5 Å². The SMILES string of the molecule is c1ccc(-n2nnnc2Oc2cccc(CNc3ccc4c(c3)OCO4)c2)cc1. The first-order valence-electron chi connectivity index (χ1n) is 9.09. The highest BCUT2D eigenvalue weighted by molar-refractivity contribution is 5.55. The van der Waals surface area contributed by atoms with Gasteiger partial charge in [0.15, 0.2) is 11.5 Å². The Morgan fingerprint density at radius 2 is 1.83 bits per heavy atom. The summed E-state index contributed by atoms with van der Waals surface area (Å²) in [6, 6.07) is 23.5. The molecule has 29 heavy (non-hydrogen) atoms. The Bertz CT molecular complexity index is 1130. The molecule has 0 radical (unpaired) electrons. The second kappa shape index (κ2) is 7.51. The minimum absolute atomic E-state index is 0.265. The molecule has 0 amide bonds. The van der Waals surface area contributed by atoms with Crippen molar-refractivity contribution in [2.45, 2.75) is 6.54 Å². The van der Waals surface area contributed by atoms with Crippen LogP contribution in [0.25, 0.3) is 5.69 Å². The zero-order valence-corrected chi connectivity index (χ0v) is 15.4. The maximum atomic E-state index is 5.92. The molecule has 0 saturated carbocycles. The fourth-order valence-corrected chi connectivity index (χ4v) is 3.01. The zero-order valence-electron chi connectivity index (χ0n) is 15.4. The predicted molar refractivity (Wildman–Crippen MR) is 106 cm³/mol. The van der Waals surface area contributed by atoms with Gasteiger partial charge in [-0.05, 0) is 52.4 Å². The van der Waals surface area contributed by atoms with E-state index in [2.05, 4.69) is 20.8 Å². The molecule has 8 nitrogen and oxygen atoms in total. The number of rotatable bonds is 6. The molecule has 4 aromatic rings. The van der Waals surface area contributed by atoms with Crippen LogP contribution in [0.1, 0.15) is 5.56 Å². The first-order valence-corrected chi connectivity index (χ1v) is 9.09. The number of ether oxygens (including phenoxy) is 3. The van der Waals surface area contributed by atoms with E-state index in [1.807, 2.05) is 72.8 Å². The highest BCUT2D eigenvalue weighted by Crippen LogP contribution is 2.34. The molecule has 0 fully saturated rings. The van der Waals surface area contributed by atoms with Crippen LogP contribution in [0.2, 0.25) is 0 Å². The van der Waals surface area contributed by atoms with E-state index in [-0.39, 0.29) is 6.79 Å². The van der Waals surface area contributed by atoms with Gasteiger partial charge in [0.25, 0.3) is 0 Å². The second-order valence-corrected chi connectivity index (χ2v) is 6.38. The average Bonchev–Trinajstić information content (AvgIpc) is 3.42. The summed E-state index contributed by atoms with van der Waals surface area (Å²) in [6.45, 7) is 0.890. The fourth-order valence-electron chi connectivity index (χ4n) is 3.01. The number of hydrogen-bond acceptors (Lipinski definition) is 7. The number of para-hydroxylation sites is 1. The monoisotopic (exact) mass is 387 g/mol. The molecule has 0 spiro atoms. The maximum Gasteiger partial charge on any atom is 0.345 e. The number of nitrogens with one attached hydrogen (secondary N) is 1. The van der Waals surface area contributed by atoms with E-state index in [0.717, 1.165) is 28.4 Å². The molecule has 0 aliphatic carbocycles. The summed E-state index contributed by atoms with van der Waals surface area (Å²) < 4.78 is 18.2. The normalized spacial score (nSPS) is 12.0. The van der Waals surface area contributed by atoms with Gasteiger partial charge in [-0.3, -0.25) is 0 Å². The first kappa shape index (κ1) is 17.1. The quantitative estimate of drug-likeness (QED) is 0.539. The Kier molecular flexibility index (Phi) is 4.42. The van der Waals surface area contributed by atoms with Crippen molar-refractivity contribution in [3.8, 4) is 28.9 Å². The molecule has 1 aliphatic heterocycles. The molecule has 1 aliphatic rings. The minimum atomic E-state index is 0.265. The summed E-state index contributed by atoms with van der Waals surface area (Å²) in [4.78, 5) is 0. The van der Waals surface area contributed by atoms with E-state index < -0.39 is 0 Å². The van der Waals surface area contributed by atoms with Gasteiger partial charge in [-0.2, -0.15) is 4.68 Å². The van der Waals surface area contributed by atoms with Crippen molar-refractivity contribution in [3.05, 3.63) is 78.4 Å². The summed E-state index contributed by atoms with van der Waals surface area (Å²) in [5, 5.41) is 15.1. The van der Waals surface area contributed by atoms with Crippen molar-refractivity contribution in [2.75, 3.05) is 12.1 Å². The zero-order chi connectivity index (χ0) is 19.5. The van der Waals surface area contributed by atoms with E-state index in [1.165, 1.54) is 0 Å². The van der Waals surface area contributed by atoms with Crippen molar-refractivity contribution < 1.29 is 14.2 Å². The molecule has 0 saturated heterocycles. The van der Waals surface area contributed by atoms with Crippen molar-refractivity contribution in [1.82, 2.24) is 20.2 Å². The number of anilines is 1. The lowest BCUT2D eigenvalue weighted by Crippen LogP contribution is -2.01. The standard InChI is InChI=1S/C21H17N5O3/c1-2-6-17(7-3-1)26-21(23-24-25-26)29-18-8-4-5-15(11-18)13-22-16-9-10-19-20(12-16)28-14-27-19/h1-12,22H,13-14H2. The van der Waals surface area contributed by atoms with E-state index in [4.69, 9.17) is 14.2 Å². The van der Waals surface area contributed by atoms with Gasteiger partial charge in [-0.15, -0.1) is 0 Å². The summed E-state index contributed by atoms with van der Waals surface area (Å²) in [5.74, 6) is 2.17. The minimum Gasteiger partial charge on any atom is -0.454 e. The lowest BCUT2D eigenvalue weighted by atomic mass is 10.2. The topological polar surface area (TPSA) is 83.3 Å². The maximum absolute atomic E-state index is 5.92. The van der Waals surface area contributed by atoms with Gasteiger partial charge >= 0.3 is 6.01 Å². The van der Waals surface area contributed by atoms with Crippen molar-refractivity contribution in [3.63, 3.8) is 0 Å². The van der Waals surface area contributed by atoms with Crippen LogP contribution in [0.3, 0.4) is 0 Å². The molecule has 0 atom stereocenters. The smallest absolute Gasteiger partial charge is 0.345 e. The van der Waals surface area contributed by atoms with Crippen LogP contribution in [0.15, 0.2) is 72.8 Å². The van der Waals surface area contributed by atoms with Crippen LogP contribution in [0.5, 0.6) is 23.3 Å². The third-order valence-corrected chi connectivity index (χ3v) is 4.42. The number of benzene rings is 3. The van der Waals surface area contributed by atoms with Gasteiger partial charge in [-0.1, -0.05) is 35.4 Å². The van der Waals surface area contributed by atoms with Crippen LogP contribution in [-0.4, -0.2) is 27.0 Å². The third-order valence-electron chi connectivity index (χ3n) is 4.42. The highest BCUT2D eigenvalue weighted by Gasteiger charge is 2.13. The second-order valence-electron chi connectivity index (χ2n) is 6.38. The highest BCUT2D eigenvalue weighted by atomic mass is 16.7. The average molecular weight is 387 g/mol. The third kappa shape index (κ3) is 3.68. The number of nitrogens with zero attached hydrogens (tertiary/aromatic N) is 4.